The highest BCUT2D eigenvalue weighted by Gasteiger charge is 2.30. The molecule has 1 atom stereocenters. The number of fused-ring (bicyclic) bond motifs is 1. The van der Waals surface area contributed by atoms with Crippen LogP contribution in [0.4, 0.5) is 17.1 Å². The zero-order chi connectivity index (χ0) is 25.0. The van der Waals surface area contributed by atoms with Crippen LogP contribution < -0.4 is 19.3 Å². The van der Waals surface area contributed by atoms with Gasteiger partial charge in [0.2, 0.25) is 5.91 Å². The average molecular weight is 494 g/mol. The van der Waals surface area contributed by atoms with E-state index in [0.717, 1.165) is 0 Å². The highest BCUT2D eigenvalue weighted by atomic mass is 32.2. The fourth-order valence-corrected chi connectivity index (χ4v) is 5.58. The molecule has 4 rings (SSSR count). The van der Waals surface area contributed by atoms with Crippen LogP contribution in [-0.4, -0.2) is 39.4 Å². The van der Waals surface area contributed by atoms with Crippen molar-refractivity contribution in [3.05, 3.63) is 78.9 Å². The Hall–Kier alpha value is -3.85. The molecule has 1 N–H and O–H groups in total. The number of para-hydroxylation sites is 3. The first-order valence-corrected chi connectivity index (χ1v) is 12.8. The second-order valence-electron chi connectivity index (χ2n) is 8.15. The molecule has 3 aromatic rings. The Morgan fingerprint density at radius 2 is 1.69 bits per heavy atom. The lowest BCUT2D eigenvalue weighted by atomic mass is 10.1. The predicted octanol–water partition coefficient (Wildman–Crippen LogP) is 4.04. The van der Waals surface area contributed by atoms with Crippen molar-refractivity contribution in [3.63, 3.8) is 0 Å². The highest BCUT2D eigenvalue weighted by molar-refractivity contribution is 7.92. The fourth-order valence-electron chi connectivity index (χ4n) is 4.10. The smallest absolute Gasteiger partial charge is 0.265 e. The van der Waals surface area contributed by atoms with Gasteiger partial charge in [0.25, 0.3) is 15.9 Å². The Kier molecular flexibility index (Phi) is 7.07. The number of nitrogens with zero attached hydrogens (tertiary/aromatic N) is 2. The van der Waals surface area contributed by atoms with Crippen LogP contribution in [-0.2, 0) is 19.6 Å². The van der Waals surface area contributed by atoms with Crippen LogP contribution in [0.5, 0.6) is 5.75 Å². The third kappa shape index (κ3) is 5.14. The van der Waals surface area contributed by atoms with Gasteiger partial charge in [0.05, 0.1) is 22.0 Å². The number of carbonyl (C=O) groups is 2. The van der Waals surface area contributed by atoms with Crippen LogP contribution in [0, 0.1) is 0 Å². The molecule has 0 aromatic heterocycles. The summed E-state index contributed by atoms with van der Waals surface area (Å²) in [6.07, 6.45) is 0.169. The van der Waals surface area contributed by atoms with E-state index in [2.05, 4.69) is 5.32 Å². The number of hydrogen-bond acceptors (Lipinski definition) is 5. The molecule has 0 unspecified atom stereocenters. The minimum Gasteiger partial charge on any atom is -0.484 e. The van der Waals surface area contributed by atoms with Crippen molar-refractivity contribution in [1.82, 2.24) is 0 Å². The number of ether oxygens (including phenoxy) is 1. The summed E-state index contributed by atoms with van der Waals surface area (Å²) in [5, 5.41) is 2.82. The molecule has 9 heteroatoms. The summed E-state index contributed by atoms with van der Waals surface area (Å²) in [6.45, 7) is 3.61. The summed E-state index contributed by atoms with van der Waals surface area (Å²) in [5.41, 5.74) is 1.77. The van der Waals surface area contributed by atoms with Crippen LogP contribution in [0.3, 0.4) is 0 Å². The summed E-state index contributed by atoms with van der Waals surface area (Å²) < 4.78 is 33.3. The Bertz CT molecular complexity index is 1310. The van der Waals surface area contributed by atoms with Crippen molar-refractivity contribution in [2.45, 2.75) is 31.2 Å². The van der Waals surface area contributed by atoms with Crippen molar-refractivity contribution >= 4 is 38.9 Å². The van der Waals surface area contributed by atoms with Gasteiger partial charge in [-0.2, -0.15) is 0 Å². The lowest BCUT2D eigenvalue weighted by molar-refractivity contribution is -0.121. The van der Waals surface area contributed by atoms with Crippen LogP contribution in [0.1, 0.15) is 20.3 Å². The molecule has 8 nitrogen and oxygen atoms in total. The molecule has 1 heterocycles. The monoisotopic (exact) mass is 493 g/mol. The molecule has 0 spiro atoms. The number of rotatable bonds is 7. The minimum absolute atomic E-state index is 0.126. The van der Waals surface area contributed by atoms with Crippen molar-refractivity contribution < 1.29 is 22.7 Å². The first-order chi connectivity index (χ1) is 16.8. The molecule has 0 bridgehead atoms. The molecule has 0 saturated carbocycles. The molecule has 0 fully saturated rings. The van der Waals surface area contributed by atoms with Gasteiger partial charge in [-0.3, -0.25) is 13.9 Å². The summed E-state index contributed by atoms with van der Waals surface area (Å²) in [5.74, 6) is -0.0982. The first-order valence-electron chi connectivity index (χ1n) is 11.3. The molecule has 2 amide bonds. The molecular weight excluding hydrogens is 466 g/mol. The lowest BCUT2D eigenvalue weighted by Crippen LogP contribution is -2.41. The van der Waals surface area contributed by atoms with E-state index in [4.69, 9.17) is 4.74 Å². The SMILES string of the molecule is CCN(c1ccccc1)S(=O)(=O)c1ccc(OCC(=O)N2c3ccccc3NC(=O)C[C@H]2C)cc1. The number of benzene rings is 3. The van der Waals surface area contributed by atoms with Crippen molar-refractivity contribution in [2.24, 2.45) is 0 Å². The van der Waals surface area contributed by atoms with E-state index in [1.165, 1.54) is 28.6 Å². The van der Waals surface area contributed by atoms with E-state index in [9.17, 15) is 18.0 Å². The van der Waals surface area contributed by atoms with Gasteiger partial charge in [0, 0.05) is 19.0 Å². The van der Waals surface area contributed by atoms with Crippen molar-refractivity contribution in [2.75, 3.05) is 27.7 Å². The van der Waals surface area contributed by atoms with E-state index in [1.54, 1.807) is 60.4 Å². The normalized spacial score (nSPS) is 15.5. The molecule has 0 aliphatic carbocycles. The van der Waals surface area contributed by atoms with E-state index < -0.39 is 10.0 Å². The molecule has 3 aromatic carbocycles. The summed E-state index contributed by atoms with van der Waals surface area (Å²) >= 11 is 0. The minimum atomic E-state index is -3.76. The third-order valence-corrected chi connectivity index (χ3v) is 7.65. The maximum absolute atomic E-state index is 13.2. The summed E-state index contributed by atoms with van der Waals surface area (Å²) in [7, 11) is -3.76. The van der Waals surface area contributed by atoms with Crippen LogP contribution in [0.2, 0.25) is 0 Å². The van der Waals surface area contributed by atoms with E-state index >= 15 is 0 Å². The van der Waals surface area contributed by atoms with Gasteiger partial charge in [-0.05, 0) is 62.4 Å². The van der Waals surface area contributed by atoms with Gasteiger partial charge in [0.15, 0.2) is 6.61 Å². The van der Waals surface area contributed by atoms with Gasteiger partial charge in [0.1, 0.15) is 5.75 Å². The van der Waals surface area contributed by atoms with Crippen molar-refractivity contribution in [1.29, 1.82) is 0 Å². The summed E-state index contributed by atoms with van der Waals surface area (Å²) in [6, 6.07) is 21.7. The fraction of sp³-hybridized carbons (Fsp3) is 0.231. The van der Waals surface area contributed by atoms with Gasteiger partial charge in [-0.15, -0.1) is 0 Å². The second-order valence-corrected chi connectivity index (χ2v) is 10.0. The lowest BCUT2D eigenvalue weighted by Gasteiger charge is -2.27. The van der Waals surface area contributed by atoms with Gasteiger partial charge in [-0.25, -0.2) is 8.42 Å². The van der Waals surface area contributed by atoms with Gasteiger partial charge in [-0.1, -0.05) is 30.3 Å². The molecule has 1 aliphatic rings. The molecule has 35 heavy (non-hydrogen) atoms. The topological polar surface area (TPSA) is 96.0 Å². The number of carbonyl (C=O) groups excluding carboxylic acids is 2. The maximum atomic E-state index is 13.2. The molecule has 0 saturated heterocycles. The number of anilines is 3. The van der Waals surface area contributed by atoms with Crippen LogP contribution in [0.25, 0.3) is 0 Å². The Labute approximate surface area is 205 Å². The standard InChI is InChI=1S/C26H27N3O5S/c1-3-28(20-9-5-4-6-10-20)35(32,33)22-15-13-21(14-16-22)34-18-26(31)29-19(2)17-25(30)27-23-11-7-8-12-24(23)29/h4-16,19H,3,17-18H2,1-2H3,(H,27,30)/t19-/m1/s1. The van der Waals surface area contributed by atoms with Crippen LogP contribution in [0.15, 0.2) is 83.8 Å². The highest BCUT2D eigenvalue weighted by Crippen LogP contribution is 2.31. The second kappa shape index (κ2) is 10.2. The van der Waals surface area contributed by atoms with Gasteiger partial charge >= 0.3 is 0 Å². The number of amides is 2. The van der Waals surface area contributed by atoms with Gasteiger partial charge < -0.3 is 15.0 Å². The first kappa shape index (κ1) is 24.3. The number of nitrogens with one attached hydrogen (secondary N) is 1. The Morgan fingerprint density at radius 3 is 2.37 bits per heavy atom. The number of sulfonamides is 1. The molecule has 1 aliphatic heterocycles. The zero-order valence-corrected chi connectivity index (χ0v) is 20.4. The molecular formula is C26H27N3O5S. The largest absolute Gasteiger partial charge is 0.484 e. The quantitative estimate of drug-likeness (QED) is 0.536. The summed E-state index contributed by atoms with van der Waals surface area (Å²) in [4.78, 5) is 26.9. The van der Waals surface area contributed by atoms with Crippen LogP contribution >= 0.6 is 0 Å². The Morgan fingerprint density at radius 1 is 1.03 bits per heavy atom. The predicted molar refractivity (Wildman–Crippen MR) is 135 cm³/mol. The third-order valence-electron chi connectivity index (χ3n) is 5.73. The van der Waals surface area contributed by atoms with E-state index in [1.807, 2.05) is 13.0 Å². The van der Waals surface area contributed by atoms with E-state index in [-0.39, 0.29) is 42.3 Å². The molecule has 182 valence electrons. The number of hydrogen-bond donors (Lipinski definition) is 1. The average Bonchev–Trinajstić information content (AvgIpc) is 2.98. The zero-order valence-electron chi connectivity index (χ0n) is 19.5. The van der Waals surface area contributed by atoms with Crippen molar-refractivity contribution in [3.8, 4) is 5.75 Å². The Balaban J connectivity index is 1.48. The maximum Gasteiger partial charge on any atom is 0.265 e. The van der Waals surface area contributed by atoms with E-state index in [0.29, 0.717) is 22.8 Å². The molecule has 0 radical (unpaired) electrons.